The number of rotatable bonds is 6. The summed E-state index contributed by atoms with van der Waals surface area (Å²) in [7, 11) is 3.43. The number of hydrogen-bond acceptors (Lipinski definition) is 5. The van der Waals surface area contributed by atoms with Crippen LogP contribution in [0.1, 0.15) is 37.6 Å². The van der Waals surface area contributed by atoms with E-state index in [1.165, 1.54) is 4.90 Å². The van der Waals surface area contributed by atoms with Crippen LogP contribution < -0.4 is 4.90 Å². The lowest BCUT2D eigenvalue weighted by Crippen LogP contribution is -2.37. The van der Waals surface area contributed by atoms with Gasteiger partial charge in [0.05, 0.1) is 12.2 Å². The zero-order valence-electron chi connectivity index (χ0n) is 13.5. The highest BCUT2D eigenvalue weighted by Crippen LogP contribution is 2.23. The van der Waals surface area contributed by atoms with Gasteiger partial charge >= 0.3 is 0 Å². The molecule has 0 fully saturated rings. The predicted octanol–water partition coefficient (Wildman–Crippen LogP) is 1.39. The SMILES string of the molecule is CCc1nnc(N(CC)CC(=O)N(C)C)c(C#N)c1CC. The zero-order valence-corrected chi connectivity index (χ0v) is 13.5. The van der Waals surface area contributed by atoms with Gasteiger partial charge in [-0.3, -0.25) is 4.79 Å². The topological polar surface area (TPSA) is 73.1 Å². The predicted molar refractivity (Wildman–Crippen MR) is 82.1 cm³/mol. The third-order valence-electron chi connectivity index (χ3n) is 3.45. The maximum atomic E-state index is 11.9. The Morgan fingerprint density at radius 2 is 1.86 bits per heavy atom. The smallest absolute Gasteiger partial charge is 0.241 e. The zero-order chi connectivity index (χ0) is 16.0. The molecule has 0 aliphatic carbocycles. The van der Waals surface area contributed by atoms with E-state index in [1.54, 1.807) is 19.0 Å². The Kier molecular flexibility index (Phi) is 6.10. The van der Waals surface area contributed by atoms with E-state index in [0.29, 0.717) is 17.9 Å². The van der Waals surface area contributed by atoms with Gasteiger partial charge in [-0.15, -0.1) is 5.10 Å². The highest BCUT2D eigenvalue weighted by atomic mass is 16.2. The van der Waals surface area contributed by atoms with Gasteiger partial charge in [-0.05, 0) is 25.3 Å². The molecule has 114 valence electrons. The molecule has 0 saturated heterocycles. The summed E-state index contributed by atoms with van der Waals surface area (Å²) in [5, 5.41) is 17.9. The second-order valence-electron chi connectivity index (χ2n) is 4.95. The molecule has 1 amide bonds. The summed E-state index contributed by atoms with van der Waals surface area (Å²) >= 11 is 0. The van der Waals surface area contributed by atoms with Crippen LogP contribution in [0.3, 0.4) is 0 Å². The van der Waals surface area contributed by atoms with Gasteiger partial charge in [0, 0.05) is 20.6 Å². The van der Waals surface area contributed by atoms with Gasteiger partial charge in [-0.1, -0.05) is 13.8 Å². The number of carbonyl (C=O) groups is 1. The molecule has 1 aromatic heterocycles. The summed E-state index contributed by atoms with van der Waals surface area (Å²) in [5.74, 6) is 0.476. The number of aryl methyl sites for hydroxylation is 1. The molecule has 6 heteroatoms. The van der Waals surface area contributed by atoms with Gasteiger partial charge in [0.15, 0.2) is 5.82 Å². The van der Waals surface area contributed by atoms with Crippen molar-refractivity contribution < 1.29 is 4.79 Å². The van der Waals surface area contributed by atoms with Crippen molar-refractivity contribution in [1.82, 2.24) is 15.1 Å². The minimum atomic E-state index is -0.0276. The number of nitrogens with zero attached hydrogens (tertiary/aromatic N) is 5. The minimum Gasteiger partial charge on any atom is -0.347 e. The lowest BCUT2D eigenvalue weighted by atomic mass is 10.0. The normalized spacial score (nSPS) is 10.1. The minimum absolute atomic E-state index is 0.0276. The van der Waals surface area contributed by atoms with Crippen LogP contribution in [0.15, 0.2) is 0 Å². The molecule has 1 heterocycles. The molecule has 0 N–H and O–H groups in total. The van der Waals surface area contributed by atoms with Crippen LogP contribution in [0.4, 0.5) is 5.82 Å². The Balaban J connectivity index is 3.27. The van der Waals surface area contributed by atoms with Crippen molar-refractivity contribution in [2.75, 3.05) is 32.1 Å². The monoisotopic (exact) mass is 289 g/mol. The van der Waals surface area contributed by atoms with Crippen molar-refractivity contribution in [2.45, 2.75) is 33.6 Å². The quantitative estimate of drug-likeness (QED) is 0.791. The maximum Gasteiger partial charge on any atom is 0.241 e. The van der Waals surface area contributed by atoms with Gasteiger partial charge in [-0.2, -0.15) is 10.4 Å². The first-order valence-electron chi connectivity index (χ1n) is 7.23. The number of aromatic nitrogens is 2. The molecule has 0 saturated carbocycles. The molecule has 0 aliphatic rings. The van der Waals surface area contributed by atoms with Crippen molar-refractivity contribution in [2.24, 2.45) is 0 Å². The van der Waals surface area contributed by atoms with Crippen molar-refractivity contribution in [3.8, 4) is 6.07 Å². The molecule has 0 spiro atoms. The van der Waals surface area contributed by atoms with Crippen LogP contribution >= 0.6 is 0 Å². The number of hydrogen-bond donors (Lipinski definition) is 0. The fourth-order valence-corrected chi connectivity index (χ4v) is 2.14. The van der Waals surface area contributed by atoms with Crippen LogP contribution in [-0.2, 0) is 17.6 Å². The van der Waals surface area contributed by atoms with Crippen LogP contribution in [0.2, 0.25) is 0 Å². The fourth-order valence-electron chi connectivity index (χ4n) is 2.14. The summed E-state index contributed by atoms with van der Waals surface area (Å²) < 4.78 is 0. The summed E-state index contributed by atoms with van der Waals surface area (Å²) in [6.07, 6.45) is 1.47. The Hall–Kier alpha value is -2.16. The lowest BCUT2D eigenvalue weighted by Gasteiger charge is -2.24. The number of likely N-dealkylation sites (N-methyl/N-ethyl adjacent to an activating group) is 2. The third kappa shape index (κ3) is 3.69. The van der Waals surface area contributed by atoms with Gasteiger partial charge in [0.25, 0.3) is 0 Å². The standard InChI is InChI=1S/C15H23N5O/c1-6-11-12(9-16)15(18-17-13(11)7-2)20(8-3)10-14(21)19(4)5/h6-8,10H2,1-5H3. The molecule has 0 aromatic carbocycles. The lowest BCUT2D eigenvalue weighted by molar-refractivity contribution is -0.127. The highest BCUT2D eigenvalue weighted by molar-refractivity contribution is 5.81. The van der Waals surface area contributed by atoms with E-state index in [4.69, 9.17) is 0 Å². The van der Waals surface area contributed by atoms with Gasteiger partial charge in [0.2, 0.25) is 5.91 Å². The summed E-state index contributed by atoms with van der Waals surface area (Å²) in [6.45, 7) is 6.73. The highest BCUT2D eigenvalue weighted by Gasteiger charge is 2.20. The maximum absolute atomic E-state index is 11.9. The molecular formula is C15H23N5O. The third-order valence-corrected chi connectivity index (χ3v) is 3.45. The Morgan fingerprint density at radius 1 is 1.19 bits per heavy atom. The molecular weight excluding hydrogens is 266 g/mol. The number of anilines is 1. The Bertz CT molecular complexity index is 548. The van der Waals surface area contributed by atoms with Crippen molar-refractivity contribution in [3.05, 3.63) is 16.8 Å². The van der Waals surface area contributed by atoms with E-state index in [0.717, 1.165) is 24.1 Å². The van der Waals surface area contributed by atoms with Gasteiger partial charge in [-0.25, -0.2) is 0 Å². The Labute approximate surface area is 126 Å². The van der Waals surface area contributed by atoms with E-state index >= 15 is 0 Å². The van der Waals surface area contributed by atoms with Gasteiger partial charge < -0.3 is 9.80 Å². The first kappa shape index (κ1) is 16.9. The first-order valence-corrected chi connectivity index (χ1v) is 7.23. The van der Waals surface area contributed by atoms with E-state index in [2.05, 4.69) is 16.3 Å². The second kappa shape index (κ2) is 7.58. The number of carbonyl (C=O) groups excluding carboxylic acids is 1. The number of nitriles is 1. The van der Waals surface area contributed by atoms with Crippen LogP contribution in [0, 0.1) is 11.3 Å². The van der Waals surface area contributed by atoms with E-state index < -0.39 is 0 Å². The molecule has 6 nitrogen and oxygen atoms in total. The average Bonchev–Trinajstić information content (AvgIpc) is 2.50. The average molecular weight is 289 g/mol. The largest absolute Gasteiger partial charge is 0.347 e. The molecule has 0 atom stereocenters. The first-order chi connectivity index (χ1) is 9.99. The number of amides is 1. The fraction of sp³-hybridized carbons (Fsp3) is 0.600. The second-order valence-corrected chi connectivity index (χ2v) is 4.95. The Morgan fingerprint density at radius 3 is 2.29 bits per heavy atom. The molecule has 0 bridgehead atoms. The van der Waals surface area contributed by atoms with E-state index in [-0.39, 0.29) is 12.5 Å². The van der Waals surface area contributed by atoms with E-state index in [9.17, 15) is 10.1 Å². The molecule has 0 radical (unpaired) electrons. The summed E-state index contributed by atoms with van der Waals surface area (Å²) in [4.78, 5) is 15.2. The van der Waals surface area contributed by atoms with Crippen molar-refractivity contribution >= 4 is 11.7 Å². The summed E-state index contributed by atoms with van der Waals surface area (Å²) in [6, 6.07) is 2.24. The summed E-state index contributed by atoms with van der Waals surface area (Å²) in [5.41, 5.74) is 2.33. The van der Waals surface area contributed by atoms with Crippen molar-refractivity contribution in [3.63, 3.8) is 0 Å². The van der Waals surface area contributed by atoms with Crippen LogP contribution in [0.5, 0.6) is 0 Å². The molecule has 1 rings (SSSR count). The molecule has 0 unspecified atom stereocenters. The van der Waals surface area contributed by atoms with Crippen LogP contribution in [-0.4, -0.2) is 48.2 Å². The van der Waals surface area contributed by atoms with Crippen molar-refractivity contribution in [1.29, 1.82) is 5.26 Å². The molecule has 1 aromatic rings. The van der Waals surface area contributed by atoms with Crippen LogP contribution in [0.25, 0.3) is 0 Å². The van der Waals surface area contributed by atoms with E-state index in [1.807, 2.05) is 20.8 Å². The molecule has 0 aliphatic heterocycles. The van der Waals surface area contributed by atoms with Gasteiger partial charge in [0.1, 0.15) is 11.6 Å². The molecule has 21 heavy (non-hydrogen) atoms.